The van der Waals surface area contributed by atoms with E-state index < -0.39 is 5.97 Å². The molecule has 0 radical (unpaired) electrons. The molecule has 6 nitrogen and oxygen atoms in total. The Labute approximate surface area is 87.1 Å². The Morgan fingerprint density at radius 2 is 2.33 bits per heavy atom. The maximum Gasteiger partial charge on any atom is 0.358 e. The first-order valence-corrected chi connectivity index (χ1v) is 5.12. The van der Waals surface area contributed by atoms with Crippen molar-refractivity contribution in [3.05, 3.63) is 11.4 Å². The van der Waals surface area contributed by atoms with Crippen LogP contribution in [0.3, 0.4) is 0 Å². The predicted octanol–water partition coefficient (Wildman–Crippen LogP) is 0.706. The third kappa shape index (κ3) is 1.85. The van der Waals surface area contributed by atoms with Gasteiger partial charge in [0.25, 0.3) is 0 Å². The van der Waals surface area contributed by atoms with E-state index in [2.05, 4.69) is 27.7 Å². The summed E-state index contributed by atoms with van der Waals surface area (Å²) in [5.74, 6) is -1.03. The molecule has 1 aromatic rings. The van der Waals surface area contributed by atoms with E-state index in [0.717, 1.165) is 19.3 Å². The van der Waals surface area contributed by atoms with Gasteiger partial charge < -0.3 is 10.4 Å². The SMILES string of the molecule is CCC1CCC(c2n[nH]nc2C(=O)O)N1. The second-order valence-corrected chi connectivity index (χ2v) is 3.76. The summed E-state index contributed by atoms with van der Waals surface area (Å²) in [5.41, 5.74) is 0.558. The number of carboxylic acids is 1. The van der Waals surface area contributed by atoms with Crippen LogP contribution in [-0.4, -0.2) is 32.5 Å². The third-order valence-electron chi connectivity index (χ3n) is 2.84. The molecular weight excluding hydrogens is 196 g/mol. The molecule has 1 aliphatic heterocycles. The van der Waals surface area contributed by atoms with Gasteiger partial charge in [0.05, 0.1) is 6.04 Å². The average molecular weight is 210 g/mol. The molecule has 2 heterocycles. The van der Waals surface area contributed by atoms with Gasteiger partial charge in [-0.25, -0.2) is 4.79 Å². The zero-order valence-corrected chi connectivity index (χ0v) is 8.53. The normalized spacial score (nSPS) is 25.7. The Balaban J connectivity index is 2.16. The van der Waals surface area contributed by atoms with Gasteiger partial charge in [-0.2, -0.15) is 10.3 Å². The lowest BCUT2D eigenvalue weighted by atomic mass is 10.1. The highest BCUT2D eigenvalue weighted by molar-refractivity contribution is 5.86. The minimum absolute atomic E-state index is 0.0276. The number of nitrogens with zero attached hydrogens (tertiary/aromatic N) is 2. The summed E-state index contributed by atoms with van der Waals surface area (Å²) >= 11 is 0. The molecule has 6 heteroatoms. The molecule has 1 aromatic heterocycles. The Kier molecular flexibility index (Phi) is 2.68. The highest BCUT2D eigenvalue weighted by Crippen LogP contribution is 2.27. The number of aromatic amines is 1. The van der Waals surface area contributed by atoms with Gasteiger partial charge in [-0.05, 0) is 19.3 Å². The number of aromatic carboxylic acids is 1. The van der Waals surface area contributed by atoms with Crippen LogP contribution in [0.1, 0.15) is 48.4 Å². The largest absolute Gasteiger partial charge is 0.476 e. The monoisotopic (exact) mass is 210 g/mol. The number of H-pyrrole nitrogens is 1. The van der Waals surface area contributed by atoms with Crippen molar-refractivity contribution in [2.24, 2.45) is 0 Å². The fourth-order valence-electron chi connectivity index (χ4n) is 2.00. The van der Waals surface area contributed by atoms with Gasteiger partial charge in [-0.1, -0.05) is 6.92 Å². The van der Waals surface area contributed by atoms with Crippen LogP contribution in [0.25, 0.3) is 0 Å². The van der Waals surface area contributed by atoms with Gasteiger partial charge in [0.15, 0.2) is 5.69 Å². The van der Waals surface area contributed by atoms with Crippen molar-refractivity contribution in [1.29, 1.82) is 0 Å². The van der Waals surface area contributed by atoms with Crippen molar-refractivity contribution >= 4 is 5.97 Å². The van der Waals surface area contributed by atoms with Crippen molar-refractivity contribution in [2.75, 3.05) is 0 Å². The van der Waals surface area contributed by atoms with E-state index in [1.807, 2.05) is 0 Å². The van der Waals surface area contributed by atoms with E-state index in [4.69, 9.17) is 5.11 Å². The minimum atomic E-state index is -1.03. The summed E-state index contributed by atoms with van der Waals surface area (Å²) in [6, 6.07) is 0.494. The molecule has 82 valence electrons. The van der Waals surface area contributed by atoms with Crippen LogP contribution in [0.15, 0.2) is 0 Å². The second kappa shape index (κ2) is 3.98. The van der Waals surface area contributed by atoms with Crippen molar-refractivity contribution in [1.82, 2.24) is 20.7 Å². The first-order valence-electron chi connectivity index (χ1n) is 5.12. The minimum Gasteiger partial charge on any atom is -0.476 e. The van der Waals surface area contributed by atoms with Crippen molar-refractivity contribution in [3.63, 3.8) is 0 Å². The van der Waals surface area contributed by atoms with Gasteiger partial charge in [0.1, 0.15) is 5.69 Å². The Bertz CT molecular complexity index is 363. The summed E-state index contributed by atoms with van der Waals surface area (Å²) in [5, 5.41) is 22.2. The first-order chi connectivity index (χ1) is 7.22. The standard InChI is InChI=1S/C9H14N4O2/c1-2-5-3-4-6(10-5)7-8(9(14)15)12-13-11-7/h5-6,10H,2-4H2,1H3,(H,14,15)(H,11,12,13). The number of hydrogen-bond donors (Lipinski definition) is 3. The molecule has 2 rings (SSSR count). The molecule has 3 N–H and O–H groups in total. The van der Waals surface area contributed by atoms with Gasteiger partial charge in [0, 0.05) is 6.04 Å². The number of nitrogens with one attached hydrogen (secondary N) is 2. The van der Waals surface area contributed by atoms with Crippen molar-refractivity contribution in [2.45, 2.75) is 38.3 Å². The first kappa shape index (κ1) is 10.1. The van der Waals surface area contributed by atoms with E-state index in [1.165, 1.54) is 0 Å². The molecule has 0 amide bonds. The second-order valence-electron chi connectivity index (χ2n) is 3.76. The fraction of sp³-hybridized carbons (Fsp3) is 0.667. The van der Waals surface area contributed by atoms with Crippen LogP contribution in [-0.2, 0) is 0 Å². The van der Waals surface area contributed by atoms with Crippen LogP contribution in [0, 0.1) is 0 Å². The quantitative estimate of drug-likeness (QED) is 0.683. The van der Waals surface area contributed by atoms with Crippen LogP contribution >= 0.6 is 0 Å². The lowest BCUT2D eigenvalue weighted by Crippen LogP contribution is -2.24. The average Bonchev–Trinajstić information content (AvgIpc) is 2.85. The molecule has 1 saturated heterocycles. The molecule has 1 fully saturated rings. The topological polar surface area (TPSA) is 90.9 Å². The molecule has 0 aromatic carbocycles. The third-order valence-corrected chi connectivity index (χ3v) is 2.84. The summed E-state index contributed by atoms with van der Waals surface area (Å²) in [6.45, 7) is 2.11. The molecule has 1 aliphatic rings. The lowest BCUT2D eigenvalue weighted by Gasteiger charge is -2.10. The summed E-state index contributed by atoms with van der Waals surface area (Å²) in [6.07, 6.45) is 3.04. The zero-order chi connectivity index (χ0) is 10.8. The number of carboxylic acid groups (broad SMARTS) is 1. The Hall–Kier alpha value is -1.43. The van der Waals surface area contributed by atoms with E-state index in [-0.39, 0.29) is 11.7 Å². The number of aromatic nitrogens is 3. The van der Waals surface area contributed by atoms with Crippen molar-refractivity contribution < 1.29 is 9.90 Å². The fourth-order valence-corrected chi connectivity index (χ4v) is 2.00. The van der Waals surface area contributed by atoms with E-state index in [1.54, 1.807) is 0 Å². The molecule has 0 aliphatic carbocycles. The highest BCUT2D eigenvalue weighted by Gasteiger charge is 2.29. The smallest absolute Gasteiger partial charge is 0.358 e. The summed E-state index contributed by atoms with van der Waals surface area (Å²) in [7, 11) is 0. The Morgan fingerprint density at radius 3 is 2.93 bits per heavy atom. The van der Waals surface area contributed by atoms with Crippen molar-refractivity contribution in [3.8, 4) is 0 Å². The van der Waals surface area contributed by atoms with Gasteiger partial charge in [-0.15, -0.1) is 5.10 Å². The van der Waals surface area contributed by atoms with E-state index >= 15 is 0 Å². The Morgan fingerprint density at radius 1 is 1.53 bits per heavy atom. The maximum absolute atomic E-state index is 10.8. The van der Waals surface area contributed by atoms with Crippen LogP contribution in [0.2, 0.25) is 0 Å². The van der Waals surface area contributed by atoms with E-state index in [9.17, 15) is 4.79 Å². The number of rotatable bonds is 3. The summed E-state index contributed by atoms with van der Waals surface area (Å²) < 4.78 is 0. The number of hydrogen-bond acceptors (Lipinski definition) is 4. The highest BCUT2D eigenvalue weighted by atomic mass is 16.4. The maximum atomic E-state index is 10.8. The molecule has 0 bridgehead atoms. The molecule has 15 heavy (non-hydrogen) atoms. The molecular formula is C9H14N4O2. The van der Waals surface area contributed by atoms with Crippen LogP contribution in [0.5, 0.6) is 0 Å². The zero-order valence-electron chi connectivity index (χ0n) is 8.53. The van der Waals surface area contributed by atoms with Gasteiger partial charge >= 0.3 is 5.97 Å². The number of carbonyl (C=O) groups is 1. The van der Waals surface area contributed by atoms with Gasteiger partial charge in [-0.3, -0.25) is 0 Å². The molecule has 2 atom stereocenters. The summed E-state index contributed by atoms with van der Waals surface area (Å²) in [4.78, 5) is 10.8. The predicted molar refractivity (Wildman–Crippen MR) is 52.5 cm³/mol. The van der Waals surface area contributed by atoms with E-state index in [0.29, 0.717) is 11.7 Å². The molecule has 0 spiro atoms. The van der Waals surface area contributed by atoms with Crippen LogP contribution in [0.4, 0.5) is 0 Å². The molecule has 2 unspecified atom stereocenters. The lowest BCUT2D eigenvalue weighted by molar-refractivity contribution is 0.0688. The molecule has 0 saturated carbocycles. The van der Waals surface area contributed by atoms with Crippen LogP contribution < -0.4 is 5.32 Å². The van der Waals surface area contributed by atoms with Gasteiger partial charge in [0.2, 0.25) is 0 Å².